The molecule has 0 bridgehead atoms. The predicted octanol–water partition coefficient (Wildman–Crippen LogP) is 0.876. The lowest BCUT2D eigenvalue weighted by Gasteiger charge is -2.38. The first kappa shape index (κ1) is 10.3. The summed E-state index contributed by atoms with van der Waals surface area (Å²) in [5.74, 6) is 0.710. The van der Waals surface area contributed by atoms with Crippen molar-refractivity contribution in [2.24, 2.45) is 7.05 Å². The fraction of sp³-hybridized carbons (Fsp3) is 0.800. The number of rotatable bonds is 1. The fourth-order valence-corrected chi connectivity index (χ4v) is 2.34. The summed E-state index contributed by atoms with van der Waals surface area (Å²) >= 11 is 0. The van der Waals surface area contributed by atoms with Crippen LogP contribution in [0.1, 0.15) is 33.1 Å². The van der Waals surface area contributed by atoms with Gasteiger partial charge < -0.3 is 4.90 Å². The van der Waals surface area contributed by atoms with Crippen LogP contribution >= 0.6 is 0 Å². The van der Waals surface area contributed by atoms with Crippen LogP contribution in [-0.2, 0) is 7.05 Å². The minimum Gasteiger partial charge on any atom is -0.336 e. The first-order chi connectivity index (χ1) is 7.09. The minimum atomic E-state index is -0.144. The number of hydrogen-bond donors (Lipinski definition) is 1. The summed E-state index contributed by atoms with van der Waals surface area (Å²) in [5.41, 5.74) is -0.144. The maximum atomic E-state index is 11.3. The summed E-state index contributed by atoms with van der Waals surface area (Å²) in [6.45, 7) is 4.37. The molecule has 5 nitrogen and oxygen atoms in total. The second-order valence-electron chi connectivity index (χ2n) is 4.41. The van der Waals surface area contributed by atoms with E-state index in [1.165, 1.54) is 23.9 Å². The van der Waals surface area contributed by atoms with E-state index >= 15 is 0 Å². The average Bonchev–Trinajstić information content (AvgIpc) is 2.46. The summed E-state index contributed by atoms with van der Waals surface area (Å²) in [7, 11) is 1.67. The predicted molar refractivity (Wildman–Crippen MR) is 59.1 cm³/mol. The molecule has 1 saturated heterocycles. The Morgan fingerprint density at radius 3 is 2.40 bits per heavy atom. The van der Waals surface area contributed by atoms with Crippen molar-refractivity contribution in [3.8, 4) is 0 Å². The van der Waals surface area contributed by atoms with Gasteiger partial charge in [-0.15, -0.1) is 5.10 Å². The largest absolute Gasteiger partial charge is 0.344 e. The van der Waals surface area contributed by atoms with Gasteiger partial charge in [0.15, 0.2) is 0 Å². The Kier molecular flexibility index (Phi) is 2.54. The Morgan fingerprint density at radius 2 is 1.93 bits per heavy atom. The number of nitrogens with zero attached hydrogens (tertiary/aromatic N) is 3. The van der Waals surface area contributed by atoms with E-state index in [0.717, 1.165) is 0 Å². The van der Waals surface area contributed by atoms with Crippen LogP contribution in [0, 0.1) is 0 Å². The highest BCUT2D eigenvalue weighted by Crippen LogP contribution is 2.25. The molecule has 0 aliphatic carbocycles. The highest BCUT2D eigenvalue weighted by Gasteiger charge is 2.27. The Morgan fingerprint density at radius 1 is 1.33 bits per heavy atom. The van der Waals surface area contributed by atoms with Gasteiger partial charge in [-0.3, -0.25) is 4.98 Å². The van der Waals surface area contributed by atoms with Crippen molar-refractivity contribution in [2.45, 2.75) is 45.2 Å². The topological polar surface area (TPSA) is 53.9 Å². The van der Waals surface area contributed by atoms with Crippen LogP contribution < -0.4 is 10.6 Å². The molecule has 0 radical (unpaired) electrons. The smallest absolute Gasteiger partial charge is 0.336 e. The highest BCUT2D eigenvalue weighted by atomic mass is 16.2. The van der Waals surface area contributed by atoms with Crippen molar-refractivity contribution >= 4 is 5.95 Å². The Labute approximate surface area is 89.1 Å². The van der Waals surface area contributed by atoms with Gasteiger partial charge in [0.1, 0.15) is 0 Å². The molecule has 5 heteroatoms. The van der Waals surface area contributed by atoms with Crippen LogP contribution in [0.15, 0.2) is 4.79 Å². The monoisotopic (exact) mass is 210 g/mol. The van der Waals surface area contributed by atoms with Gasteiger partial charge in [0, 0.05) is 19.1 Å². The van der Waals surface area contributed by atoms with Crippen LogP contribution in [0.4, 0.5) is 5.95 Å². The second kappa shape index (κ2) is 3.72. The summed E-state index contributed by atoms with van der Waals surface area (Å²) in [5, 5.41) is 4.21. The molecule has 2 rings (SSSR count). The zero-order chi connectivity index (χ0) is 11.0. The molecular weight excluding hydrogens is 192 g/mol. The Balaban J connectivity index is 2.31. The third-order valence-electron chi connectivity index (χ3n) is 3.20. The van der Waals surface area contributed by atoms with E-state index in [1.807, 2.05) is 0 Å². The number of aromatic amines is 1. The number of aromatic nitrogens is 3. The lowest BCUT2D eigenvalue weighted by Crippen LogP contribution is -2.44. The molecule has 0 saturated carbocycles. The molecule has 2 unspecified atom stereocenters. The molecule has 1 aromatic heterocycles. The number of hydrogen-bond acceptors (Lipinski definition) is 3. The maximum absolute atomic E-state index is 11.3. The van der Waals surface area contributed by atoms with Crippen LogP contribution in [-0.4, -0.2) is 26.8 Å². The van der Waals surface area contributed by atoms with Gasteiger partial charge in [-0.25, -0.2) is 9.48 Å². The molecule has 2 atom stereocenters. The molecule has 0 amide bonds. The van der Waals surface area contributed by atoms with Crippen LogP contribution in [0.2, 0.25) is 0 Å². The number of nitrogens with one attached hydrogen (secondary N) is 1. The zero-order valence-corrected chi connectivity index (χ0v) is 9.53. The molecule has 1 aliphatic rings. The van der Waals surface area contributed by atoms with Crippen LogP contribution in [0.5, 0.6) is 0 Å². The van der Waals surface area contributed by atoms with Crippen LogP contribution in [0.3, 0.4) is 0 Å². The Bertz CT molecular complexity index is 384. The lowest BCUT2D eigenvalue weighted by molar-refractivity contribution is 0.407. The van der Waals surface area contributed by atoms with Gasteiger partial charge in [0.05, 0.1) is 0 Å². The van der Waals surface area contributed by atoms with Gasteiger partial charge in [-0.05, 0) is 33.1 Å². The van der Waals surface area contributed by atoms with Crippen molar-refractivity contribution in [3.63, 3.8) is 0 Å². The molecule has 0 aromatic carbocycles. The third-order valence-corrected chi connectivity index (χ3v) is 3.20. The minimum absolute atomic E-state index is 0.144. The van der Waals surface area contributed by atoms with Gasteiger partial charge in [-0.2, -0.15) is 0 Å². The van der Waals surface area contributed by atoms with Gasteiger partial charge >= 0.3 is 5.69 Å². The van der Waals surface area contributed by atoms with Gasteiger partial charge in [0.2, 0.25) is 5.95 Å². The van der Waals surface area contributed by atoms with Gasteiger partial charge in [0.25, 0.3) is 0 Å². The highest BCUT2D eigenvalue weighted by molar-refractivity contribution is 5.32. The van der Waals surface area contributed by atoms with Crippen molar-refractivity contribution in [1.82, 2.24) is 14.8 Å². The van der Waals surface area contributed by atoms with E-state index in [9.17, 15) is 4.79 Å². The first-order valence-corrected chi connectivity index (χ1v) is 5.51. The van der Waals surface area contributed by atoms with E-state index in [-0.39, 0.29) is 5.69 Å². The molecule has 1 fully saturated rings. The lowest BCUT2D eigenvalue weighted by atomic mass is 9.98. The fourth-order valence-electron chi connectivity index (χ4n) is 2.34. The number of aryl methyl sites for hydroxylation is 1. The number of H-pyrrole nitrogens is 1. The molecule has 1 aliphatic heterocycles. The molecule has 1 N–H and O–H groups in total. The van der Waals surface area contributed by atoms with E-state index in [4.69, 9.17) is 0 Å². The van der Waals surface area contributed by atoms with Gasteiger partial charge in [-0.1, -0.05) is 0 Å². The van der Waals surface area contributed by atoms with E-state index in [2.05, 4.69) is 28.8 Å². The molecule has 1 aromatic rings. The summed E-state index contributed by atoms with van der Waals surface area (Å²) in [4.78, 5) is 16.3. The Hall–Kier alpha value is -1.26. The molecule has 2 heterocycles. The molecular formula is C10H18N4O. The van der Waals surface area contributed by atoms with Crippen molar-refractivity contribution in [1.29, 1.82) is 0 Å². The van der Waals surface area contributed by atoms with Crippen molar-refractivity contribution in [3.05, 3.63) is 10.5 Å². The standard InChI is InChI=1S/C10H18N4O/c1-7-5-4-6-8(2)14(7)9-11-10(15)13(3)12-9/h7-8H,4-6H2,1-3H3,(H,11,12,15). The second-order valence-corrected chi connectivity index (χ2v) is 4.41. The SMILES string of the molecule is CC1CCCC(C)N1c1nn(C)c(=O)[nH]1. The molecule has 0 spiro atoms. The van der Waals surface area contributed by atoms with E-state index in [0.29, 0.717) is 18.0 Å². The normalized spacial score (nSPS) is 27.0. The first-order valence-electron chi connectivity index (χ1n) is 5.51. The average molecular weight is 210 g/mol. The summed E-state index contributed by atoms with van der Waals surface area (Å²) in [6.07, 6.45) is 3.60. The third kappa shape index (κ3) is 1.78. The van der Waals surface area contributed by atoms with E-state index in [1.54, 1.807) is 7.05 Å². The number of piperidine rings is 1. The maximum Gasteiger partial charge on any atom is 0.344 e. The van der Waals surface area contributed by atoms with Crippen LogP contribution in [0.25, 0.3) is 0 Å². The quantitative estimate of drug-likeness (QED) is 0.748. The van der Waals surface area contributed by atoms with Crippen molar-refractivity contribution < 1.29 is 0 Å². The molecule has 84 valence electrons. The molecule has 15 heavy (non-hydrogen) atoms. The summed E-state index contributed by atoms with van der Waals surface area (Å²) in [6, 6.07) is 0.915. The van der Waals surface area contributed by atoms with Crippen molar-refractivity contribution in [2.75, 3.05) is 4.90 Å². The zero-order valence-electron chi connectivity index (χ0n) is 9.53. The van der Waals surface area contributed by atoms with E-state index < -0.39 is 0 Å². The number of anilines is 1. The summed E-state index contributed by atoms with van der Waals surface area (Å²) < 4.78 is 1.35.